The summed E-state index contributed by atoms with van der Waals surface area (Å²) in [7, 11) is 0. The van der Waals surface area contributed by atoms with E-state index in [1.807, 2.05) is 51.9 Å². The van der Waals surface area contributed by atoms with Crippen LogP contribution in [-0.4, -0.2) is 29.4 Å². The van der Waals surface area contributed by atoms with Gasteiger partial charge in [0, 0.05) is 18.1 Å². The first-order chi connectivity index (χ1) is 15.8. The van der Waals surface area contributed by atoms with Crippen LogP contribution in [0.1, 0.15) is 37.7 Å². The molecule has 7 heteroatoms. The number of fused-ring (bicyclic) bond motifs is 1. The molecule has 5 rings (SSSR count). The van der Waals surface area contributed by atoms with Gasteiger partial charge in [0.1, 0.15) is 6.33 Å². The molecule has 0 atom stereocenters. The smallest absolute Gasteiger partial charge is 0.236 e. The SMILES string of the molecule is Cc1cc(C)n(-c2cccc(C(C)(C)C)c2N(c2ncccn2)n2cnc3ccccc32)n1. The molecule has 0 saturated carbocycles. The predicted molar refractivity (Wildman–Crippen MR) is 131 cm³/mol. The first-order valence-electron chi connectivity index (χ1n) is 11.0. The highest BCUT2D eigenvalue weighted by Gasteiger charge is 2.29. The number of para-hydroxylation sites is 3. The van der Waals surface area contributed by atoms with Crippen molar-refractivity contribution < 1.29 is 0 Å². The van der Waals surface area contributed by atoms with Crippen molar-refractivity contribution in [2.24, 2.45) is 0 Å². The van der Waals surface area contributed by atoms with Crippen molar-refractivity contribution in [1.29, 1.82) is 0 Å². The molecule has 0 aliphatic carbocycles. The number of nitrogens with zero attached hydrogens (tertiary/aromatic N) is 7. The Bertz CT molecular complexity index is 1420. The molecule has 0 fully saturated rings. The summed E-state index contributed by atoms with van der Waals surface area (Å²) in [6, 6.07) is 18.3. The van der Waals surface area contributed by atoms with E-state index in [0.29, 0.717) is 5.95 Å². The largest absolute Gasteiger partial charge is 0.249 e. The molecule has 0 N–H and O–H groups in total. The van der Waals surface area contributed by atoms with Crippen LogP contribution in [0.4, 0.5) is 11.6 Å². The summed E-state index contributed by atoms with van der Waals surface area (Å²) in [5, 5.41) is 6.85. The van der Waals surface area contributed by atoms with Gasteiger partial charge < -0.3 is 0 Å². The number of hydrogen-bond acceptors (Lipinski definition) is 5. The van der Waals surface area contributed by atoms with Crippen molar-refractivity contribution in [3.05, 3.63) is 90.3 Å². The average Bonchev–Trinajstić information content (AvgIpc) is 3.37. The molecule has 0 spiro atoms. The summed E-state index contributed by atoms with van der Waals surface area (Å²) in [5.74, 6) is 0.556. The average molecular weight is 438 g/mol. The van der Waals surface area contributed by atoms with E-state index in [2.05, 4.69) is 73.0 Å². The summed E-state index contributed by atoms with van der Waals surface area (Å²) in [6.45, 7) is 10.7. The highest BCUT2D eigenvalue weighted by molar-refractivity contribution is 5.80. The summed E-state index contributed by atoms with van der Waals surface area (Å²) < 4.78 is 4.01. The molecule has 0 unspecified atom stereocenters. The number of imidazole rings is 1. The minimum absolute atomic E-state index is 0.148. The lowest BCUT2D eigenvalue weighted by Crippen LogP contribution is -2.30. The highest BCUT2D eigenvalue weighted by atomic mass is 15.6. The van der Waals surface area contributed by atoms with Crippen molar-refractivity contribution in [1.82, 2.24) is 29.4 Å². The molecule has 7 nitrogen and oxygen atoms in total. The fourth-order valence-electron chi connectivity index (χ4n) is 4.21. The van der Waals surface area contributed by atoms with Crippen LogP contribution in [-0.2, 0) is 5.41 Å². The summed E-state index contributed by atoms with van der Waals surface area (Å²) in [5.41, 5.74) is 6.82. The normalized spacial score (nSPS) is 11.8. The Hall–Kier alpha value is -4.00. The van der Waals surface area contributed by atoms with Crippen LogP contribution in [0.25, 0.3) is 16.7 Å². The van der Waals surface area contributed by atoms with Gasteiger partial charge in [-0.2, -0.15) is 5.10 Å². The zero-order valence-corrected chi connectivity index (χ0v) is 19.6. The molecule has 33 heavy (non-hydrogen) atoms. The van der Waals surface area contributed by atoms with Gasteiger partial charge in [-0.15, -0.1) is 0 Å². The van der Waals surface area contributed by atoms with Crippen LogP contribution in [0.2, 0.25) is 0 Å². The second-order valence-electron chi connectivity index (χ2n) is 9.20. The van der Waals surface area contributed by atoms with E-state index < -0.39 is 0 Å². The van der Waals surface area contributed by atoms with Crippen LogP contribution in [0.15, 0.2) is 73.3 Å². The standard InChI is InChI=1S/C26H27N7/c1-18-16-19(2)32(30-18)23-13-8-10-20(26(3,4)5)24(23)33(25-27-14-9-15-28-25)31-17-29-21-11-6-7-12-22(21)31/h6-17H,1-5H3. The maximum absolute atomic E-state index is 4.81. The number of hydrogen-bond donors (Lipinski definition) is 0. The van der Waals surface area contributed by atoms with E-state index in [4.69, 9.17) is 5.10 Å². The highest BCUT2D eigenvalue weighted by Crippen LogP contribution is 2.40. The fourth-order valence-corrected chi connectivity index (χ4v) is 4.21. The van der Waals surface area contributed by atoms with Gasteiger partial charge in [-0.1, -0.05) is 45.0 Å². The molecule has 3 aromatic heterocycles. The second-order valence-corrected chi connectivity index (χ2v) is 9.20. The van der Waals surface area contributed by atoms with Gasteiger partial charge in [0.15, 0.2) is 0 Å². The topological polar surface area (TPSA) is 64.7 Å². The number of rotatable bonds is 4. The molecule has 166 valence electrons. The zero-order chi connectivity index (χ0) is 23.2. The Balaban J connectivity index is 1.89. The Morgan fingerprint density at radius 2 is 1.61 bits per heavy atom. The van der Waals surface area contributed by atoms with Crippen molar-refractivity contribution >= 4 is 22.7 Å². The molecule has 0 saturated heterocycles. The number of aromatic nitrogens is 6. The number of benzene rings is 2. The van der Waals surface area contributed by atoms with Crippen molar-refractivity contribution in [2.45, 2.75) is 40.0 Å². The third-order valence-corrected chi connectivity index (χ3v) is 5.66. The van der Waals surface area contributed by atoms with Crippen LogP contribution in [0.3, 0.4) is 0 Å². The third-order valence-electron chi connectivity index (χ3n) is 5.66. The summed E-state index contributed by atoms with van der Waals surface area (Å²) in [6.07, 6.45) is 5.35. The van der Waals surface area contributed by atoms with Crippen molar-refractivity contribution in [3.8, 4) is 5.69 Å². The first-order valence-corrected chi connectivity index (χ1v) is 11.0. The maximum Gasteiger partial charge on any atom is 0.249 e. The molecular formula is C26H27N7. The van der Waals surface area contributed by atoms with E-state index in [1.54, 1.807) is 12.4 Å². The van der Waals surface area contributed by atoms with E-state index in [9.17, 15) is 0 Å². The van der Waals surface area contributed by atoms with Gasteiger partial charge in [0.2, 0.25) is 5.95 Å². The Morgan fingerprint density at radius 3 is 2.30 bits per heavy atom. The van der Waals surface area contributed by atoms with Gasteiger partial charge in [0.05, 0.1) is 28.1 Å². The van der Waals surface area contributed by atoms with Gasteiger partial charge in [-0.3, -0.25) is 0 Å². The monoisotopic (exact) mass is 437 g/mol. The van der Waals surface area contributed by atoms with Crippen LogP contribution in [0.5, 0.6) is 0 Å². The van der Waals surface area contributed by atoms with Gasteiger partial charge in [-0.25, -0.2) is 29.3 Å². The minimum atomic E-state index is -0.148. The van der Waals surface area contributed by atoms with Crippen molar-refractivity contribution in [3.63, 3.8) is 0 Å². The maximum atomic E-state index is 4.81. The molecule has 0 amide bonds. The minimum Gasteiger partial charge on any atom is -0.236 e. The Labute approximate surface area is 193 Å². The van der Waals surface area contributed by atoms with E-state index >= 15 is 0 Å². The Kier molecular flexibility index (Phi) is 4.96. The molecule has 3 heterocycles. The lowest BCUT2D eigenvalue weighted by atomic mass is 9.85. The van der Waals surface area contributed by atoms with E-state index in [0.717, 1.165) is 39.4 Å². The Morgan fingerprint density at radius 1 is 0.848 bits per heavy atom. The van der Waals surface area contributed by atoms with Crippen LogP contribution < -0.4 is 5.01 Å². The van der Waals surface area contributed by atoms with Crippen LogP contribution in [0, 0.1) is 13.8 Å². The van der Waals surface area contributed by atoms with Crippen LogP contribution >= 0.6 is 0 Å². The van der Waals surface area contributed by atoms with E-state index in [1.165, 1.54) is 0 Å². The molecular weight excluding hydrogens is 410 g/mol. The number of aryl methyl sites for hydroxylation is 2. The lowest BCUT2D eigenvalue weighted by molar-refractivity contribution is 0.585. The molecule has 2 aromatic carbocycles. The molecule has 0 bridgehead atoms. The summed E-state index contributed by atoms with van der Waals surface area (Å²) in [4.78, 5) is 13.9. The predicted octanol–water partition coefficient (Wildman–Crippen LogP) is 5.53. The lowest BCUT2D eigenvalue weighted by Gasteiger charge is -2.32. The first kappa shape index (κ1) is 20.9. The van der Waals surface area contributed by atoms with E-state index in [-0.39, 0.29) is 5.41 Å². The molecule has 5 aromatic rings. The molecule has 0 aliphatic heterocycles. The third kappa shape index (κ3) is 3.65. The zero-order valence-electron chi connectivity index (χ0n) is 19.6. The molecule has 0 radical (unpaired) electrons. The fraction of sp³-hybridized carbons (Fsp3) is 0.231. The van der Waals surface area contributed by atoms with Crippen molar-refractivity contribution in [2.75, 3.05) is 5.01 Å². The molecule has 0 aliphatic rings. The van der Waals surface area contributed by atoms with Gasteiger partial charge >= 0.3 is 0 Å². The quantitative estimate of drug-likeness (QED) is 0.370. The second kappa shape index (κ2) is 7.85. The van der Waals surface area contributed by atoms with Gasteiger partial charge in [-0.05, 0) is 55.2 Å². The number of anilines is 2. The summed E-state index contributed by atoms with van der Waals surface area (Å²) >= 11 is 0. The van der Waals surface area contributed by atoms with Gasteiger partial charge in [0.25, 0.3) is 0 Å².